The molecule has 1 aromatic heterocycles. The molecule has 11 heteroatoms. The first-order valence-corrected chi connectivity index (χ1v) is 13.7. The van der Waals surface area contributed by atoms with E-state index in [9.17, 15) is 13.2 Å². The van der Waals surface area contributed by atoms with Crippen molar-refractivity contribution in [2.45, 2.75) is 64.3 Å². The molecule has 1 saturated heterocycles. The van der Waals surface area contributed by atoms with Crippen LogP contribution in [0.3, 0.4) is 0 Å². The van der Waals surface area contributed by atoms with E-state index in [1.807, 2.05) is 7.05 Å². The van der Waals surface area contributed by atoms with Gasteiger partial charge in [0.15, 0.2) is 0 Å². The molecule has 2 N–H and O–H groups in total. The molecule has 1 fully saturated rings. The fraction of sp³-hybridized carbons (Fsp3) is 0.583. The fourth-order valence-corrected chi connectivity index (χ4v) is 7.32. The van der Waals surface area contributed by atoms with Gasteiger partial charge in [-0.15, -0.1) is 0 Å². The van der Waals surface area contributed by atoms with E-state index in [1.54, 1.807) is 24.9 Å². The van der Waals surface area contributed by atoms with Gasteiger partial charge in [0, 0.05) is 25.5 Å². The monoisotopic (exact) mass is 510 g/mol. The van der Waals surface area contributed by atoms with Gasteiger partial charge < -0.3 is 10.2 Å². The molecule has 0 spiro atoms. The number of nitrogens with zero attached hydrogens (tertiary/aromatic N) is 4. The molecule has 1 atom stereocenters. The van der Waals surface area contributed by atoms with E-state index in [1.165, 1.54) is 26.6 Å². The van der Waals surface area contributed by atoms with Crippen LogP contribution in [0.2, 0.25) is 0 Å². The van der Waals surface area contributed by atoms with Gasteiger partial charge in [-0.3, -0.25) is 4.68 Å². The molecule has 1 aliphatic heterocycles. The molecule has 1 aromatic carbocycles. The van der Waals surface area contributed by atoms with Crippen molar-refractivity contribution in [1.82, 2.24) is 19.4 Å². The molecular weight excluding hydrogens is 475 g/mol. The van der Waals surface area contributed by atoms with Crippen molar-refractivity contribution in [3.05, 3.63) is 40.2 Å². The number of fused-ring (bicyclic) bond motifs is 2. The quantitative estimate of drug-likeness (QED) is 0.600. The molecule has 1 unspecified atom stereocenters. The maximum absolute atomic E-state index is 13.7. The zero-order valence-electron chi connectivity index (χ0n) is 20.2. The van der Waals surface area contributed by atoms with Crippen LogP contribution in [-0.2, 0) is 42.9 Å². The van der Waals surface area contributed by atoms with E-state index in [0.29, 0.717) is 17.9 Å². The molecule has 0 bridgehead atoms. The molecule has 2 aromatic rings. The molecule has 9 nitrogen and oxygen atoms in total. The second-order valence-corrected chi connectivity index (χ2v) is 11.5. The number of aromatic nitrogens is 2. The van der Waals surface area contributed by atoms with Crippen molar-refractivity contribution in [3.8, 4) is 0 Å². The van der Waals surface area contributed by atoms with Crippen LogP contribution in [0, 0.1) is 6.92 Å². The Balaban J connectivity index is 0.00000289. The summed E-state index contributed by atoms with van der Waals surface area (Å²) in [5.41, 5.74) is 6.86. The number of urea groups is 1. The second kappa shape index (κ2) is 10.4. The van der Waals surface area contributed by atoms with Gasteiger partial charge in [-0.2, -0.15) is 13.5 Å². The number of hydrogen-bond acceptors (Lipinski definition) is 5. The molecule has 3 aliphatic rings. The Morgan fingerprint density at radius 2 is 1.74 bits per heavy atom. The van der Waals surface area contributed by atoms with E-state index < -0.39 is 16.2 Å². The molecular formula is C24H35N6NaO3S. The van der Waals surface area contributed by atoms with Crippen LogP contribution >= 0.6 is 0 Å². The van der Waals surface area contributed by atoms with Crippen molar-refractivity contribution in [1.29, 1.82) is 0 Å². The number of amides is 2. The molecule has 2 amide bonds. The van der Waals surface area contributed by atoms with E-state index in [2.05, 4.69) is 26.1 Å². The molecule has 2 heterocycles. The average Bonchev–Trinajstić information content (AvgIpc) is 3.48. The summed E-state index contributed by atoms with van der Waals surface area (Å²) in [7, 11) is -0.405. The zero-order valence-corrected chi connectivity index (χ0v) is 21.0. The van der Waals surface area contributed by atoms with Crippen LogP contribution in [0.4, 0.5) is 16.2 Å². The van der Waals surface area contributed by atoms with Gasteiger partial charge in [-0.05, 0) is 94.1 Å². The summed E-state index contributed by atoms with van der Waals surface area (Å²) in [6.45, 7) is 3.31. The van der Waals surface area contributed by atoms with Gasteiger partial charge in [0.25, 0.3) is 0 Å². The molecule has 2 aliphatic carbocycles. The molecule has 5 rings (SSSR count). The number of benzene rings is 1. The number of anilines is 2. The summed E-state index contributed by atoms with van der Waals surface area (Å²) < 4.78 is 32.6. The topological polar surface area (TPSA) is 99.6 Å². The van der Waals surface area contributed by atoms with Crippen molar-refractivity contribution in [2.24, 2.45) is 7.05 Å². The van der Waals surface area contributed by atoms with Crippen LogP contribution in [0.5, 0.6) is 0 Å². The van der Waals surface area contributed by atoms with Crippen LogP contribution in [0.25, 0.3) is 0 Å². The van der Waals surface area contributed by atoms with Gasteiger partial charge in [0.05, 0.1) is 17.4 Å². The van der Waals surface area contributed by atoms with E-state index in [0.717, 1.165) is 63.6 Å². The average molecular weight is 511 g/mol. The van der Waals surface area contributed by atoms with E-state index >= 15 is 0 Å². The van der Waals surface area contributed by atoms with Gasteiger partial charge in [-0.1, -0.05) is 6.07 Å². The van der Waals surface area contributed by atoms with Crippen LogP contribution in [0.1, 0.15) is 53.6 Å². The molecule has 0 radical (unpaired) electrons. The first-order valence-electron chi connectivity index (χ1n) is 12.2. The second-order valence-electron chi connectivity index (χ2n) is 9.92. The number of carbonyl (C=O) groups excluding carboxylic acids is 1. The number of rotatable bonds is 5. The third-order valence-corrected chi connectivity index (χ3v) is 8.80. The normalized spacial score (nSPS) is 19.6. The predicted molar refractivity (Wildman–Crippen MR) is 140 cm³/mol. The van der Waals surface area contributed by atoms with Crippen LogP contribution in [0.15, 0.2) is 12.3 Å². The number of likely N-dealkylation sites (tertiary alicyclic amines) is 1. The minimum absolute atomic E-state index is 0. The number of aryl methyl sites for hydroxylation is 4. The number of likely N-dealkylation sites (N-methyl/N-ethyl adjacent to an activating group) is 1. The van der Waals surface area contributed by atoms with Gasteiger partial charge in [-0.25, -0.2) is 13.8 Å². The van der Waals surface area contributed by atoms with E-state index in [4.69, 9.17) is 0 Å². The standard InChI is InChI=1S/C24H34N6O3S.Na.H/c1-16-22(15-29(3)26-16)30(19-9-6-12-28(2)14-19)34(32,33)27-24(31)25-23-20-10-4-7-17(20)13-18-8-5-11-21(18)23;;/h13,15,19H,4-12,14H2,1-3H3,(H2,25,27,31);;. The van der Waals surface area contributed by atoms with Crippen molar-refractivity contribution in [3.63, 3.8) is 0 Å². The third kappa shape index (κ3) is 5.27. The summed E-state index contributed by atoms with van der Waals surface area (Å²) in [6.07, 6.45) is 9.31. The van der Waals surface area contributed by atoms with Crippen molar-refractivity contribution >= 4 is 57.2 Å². The van der Waals surface area contributed by atoms with Crippen LogP contribution in [-0.4, -0.2) is 84.9 Å². The number of carbonyl (C=O) groups is 1. The Morgan fingerprint density at radius 3 is 2.31 bits per heavy atom. The zero-order chi connectivity index (χ0) is 24.0. The van der Waals surface area contributed by atoms with Gasteiger partial charge in [0.1, 0.15) is 0 Å². The fourth-order valence-electron chi connectivity index (χ4n) is 5.93. The number of piperidine rings is 1. The van der Waals surface area contributed by atoms with Gasteiger partial charge >= 0.3 is 45.8 Å². The first kappa shape index (κ1) is 26.5. The van der Waals surface area contributed by atoms with Crippen molar-refractivity contribution in [2.75, 3.05) is 29.8 Å². The Morgan fingerprint density at radius 1 is 1.09 bits per heavy atom. The SMILES string of the molecule is Cc1nn(C)cc1N(C1CCCN(C)C1)S(=O)(=O)NC(=O)Nc1c2c(cc3c1CCC3)CCC2.[NaH]. The molecule has 0 saturated carbocycles. The molecule has 35 heavy (non-hydrogen) atoms. The number of nitrogens with one attached hydrogen (secondary N) is 2. The third-order valence-electron chi connectivity index (χ3n) is 7.35. The molecule has 186 valence electrons. The first-order chi connectivity index (χ1) is 16.2. The van der Waals surface area contributed by atoms with Crippen molar-refractivity contribution < 1.29 is 13.2 Å². The maximum atomic E-state index is 13.7. The Labute approximate surface area is 230 Å². The van der Waals surface area contributed by atoms with Gasteiger partial charge in [0.2, 0.25) is 0 Å². The Hall–Kier alpha value is -1.59. The van der Waals surface area contributed by atoms with E-state index in [-0.39, 0.29) is 35.6 Å². The summed E-state index contributed by atoms with van der Waals surface area (Å²) in [4.78, 5) is 15.3. The summed E-state index contributed by atoms with van der Waals surface area (Å²) >= 11 is 0. The Bertz CT molecular complexity index is 1200. The minimum atomic E-state index is -4.16. The number of hydrogen-bond donors (Lipinski definition) is 2. The Kier molecular flexibility index (Phi) is 7.88. The summed E-state index contributed by atoms with van der Waals surface area (Å²) in [5.74, 6) is 0. The predicted octanol–water partition coefficient (Wildman–Crippen LogP) is 2.02. The van der Waals surface area contributed by atoms with Crippen LogP contribution < -0.4 is 14.3 Å². The summed E-state index contributed by atoms with van der Waals surface area (Å²) in [6, 6.07) is 1.30. The summed E-state index contributed by atoms with van der Waals surface area (Å²) in [5, 5.41) is 7.30.